The minimum Gasteiger partial charge on any atom is -0.312 e. The molecule has 7 aromatic carbocycles. The van der Waals surface area contributed by atoms with Gasteiger partial charge in [-0.25, -0.2) is 9.97 Å². The molecule has 0 spiro atoms. The standard InChI is InChI=1S/C52H37N3/c1-5-15-36(16-6-1)37-27-29-39(30-28-37)48-35-49(54-52(53-48)40-19-9-3-10-20-40)43-22-13-21-41(33-43)42-31-32-50-47(34-42)46-26-14-25-45(38-17-7-2-8-18-38)51(46)55(50)44-23-11-4-12-24-44/h1-30,33-35H,31-32H2. The molecule has 1 aliphatic carbocycles. The van der Waals surface area contributed by atoms with Gasteiger partial charge in [-0.2, -0.15) is 0 Å². The van der Waals surface area contributed by atoms with Gasteiger partial charge in [0.1, 0.15) is 0 Å². The van der Waals surface area contributed by atoms with Gasteiger partial charge in [0.2, 0.25) is 0 Å². The van der Waals surface area contributed by atoms with E-state index in [-0.39, 0.29) is 0 Å². The molecule has 0 atom stereocenters. The van der Waals surface area contributed by atoms with Gasteiger partial charge >= 0.3 is 0 Å². The number of hydrogen-bond acceptors (Lipinski definition) is 2. The summed E-state index contributed by atoms with van der Waals surface area (Å²) in [6.45, 7) is 0. The molecule has 0 radical (unpaired) electrons. The Morgan fingerprint density at radius 2 is 0.945 bits per heavy atom. The Bertz CT molecular complexity index is 2820. The summed E-state index contributed by atoms with van der Waals surface area (Å²) >= 11 is 0. The highest BCUT2D eigenvalue weighted by molar-refractivity contribution is 6.05. The molecule has 3 heteroatoms. The van der Waals surface area contributed by atoms with E-state index in [9.17, 15) is 0 Å². The maximum absolute atomic E-state index is 5.17. The van der Waals surface area contributed by atoms with Crippen LogP contribution in [0.25, 0.3) is 84.4 Å². The molecule has 0 bridgehead atoms. The number of allylic oxidation sites excluding steroid dienone is 1. The number of rotatable bonds is 7. The Balaban J connectivity index is 1.08. The van der Waals surface area contributed by atoms with Gasteiger partial charge in [0.05, 0.1) is 16.9 Å². The van der Waals surface area contributed by atoms with E-state index in [2.05, 4.69) is 187 Å². The van der Waals surface area contributed by atoms with Crippen molar-refractivity contribution in [3.8, 4) is 61.8 Å². The maximum Gasteiger partial charge on any atom is 0.160 e. The van der Waals surface area contributed by atoms with Crippen molar-refractivity contribution < 1.29 is 0 Å². The molecule has 0 unspecified atom stereocenters. The van der Waals surface area contributed by atoms with Crippen molar-refractivity contribution in [1.82, 2.24) is 14.5 Å². The van der Waals surface area contributed by atoms with E-state index in [4.69, 9.17) is 9.97 Å². The quantitative estimate of drug-likeness (QED) is 0.165. The van der Waals surface area contributed by atoms with E-state index >= 15 is 0 Å². The molecule has 0 N–H and O–H groups in total. The zero-order chi connectivity index (χ0) is 36.6. The highest BCUT2D eigenvalue weighted by atomic mass is 15.0. The molecule has 2 aromatic heterocycles. The van der Waals surface area contributed by atoms with Crippen molar-refractivity contribution in [2.75, 3.05) is 0 Å². The topological polar surface area (TPSA) is 30.7 Å². The summed E-state index contributed by atoms with van der Waals surface area (Å²) < 4.78 is 2.50. The Labute approximate surface area is 321 Å². The van der Waals surface area contributed by atoms with Crippen molar-refractivity contribution in [2.45, 2.75) is 12.8 Å². The molecular formula is C52H37N3. The first-order valence-electron chi connectivity index (χ1n) is 19.0. The molecule has 9 aromatic rings. The van der Waals surface area contributed by atoms with Crippen molar-refractivity contribution >= 4 is 22.6 Å². The number of aromatic nitrogens is 3. The van der Waals surface area contributed by atoms with Crippen LogP contribution in [0.15, 0.2) is 194 Å². The van der Waals surface area contributed by atoms with Crippen LogP contribution < -0.4 is 0 Å². The van der Waals surface area contributed by atoms with E-state index in [1.807, 2.05) is 18.2 Å². The van der Waals surface area contributed by atoms with Crippen LogP contribution in [-0.2, 0) is 6.42 Å². The molecule has 0 amide bonds. The summed E-state index contributed by atoms with van der Waals surface area (Å²) in [6.07, 6.45) is 4.32. The zero-order valence-electron chi connectivity index (χ0n) is 30.3. The molecule has 10 rings (SSSR count). The molecule has 55 heavy (non-hydrogen) atoms. The monoisotopic (exact) mass is 703 g/mol. The largest absolute Gasteiger partial charge is 0.312 e. The summed E-state index contributed by atoms with van der Waals surface area (Å²) in [6, 6.07) is 68.8. The number of hydrogen-bond donors (Lipinski definition) is 0. The zero-order valence-corrected chi connectivity index (χ0v) is 30.3. The first kappa shape index (κ1) is 32.5. The van der Waals surface area contributed by atoms with Crippen molar-refractivity contribution in [1.29, 1.82) is 0 Å². The van der Waals surface area contributed by atoms with Gasteiger partial charge in [0.15, 0.2) is 5.82 Å². The van der Waals surface area contributed by atoms with Gasteiger partial charge < -0.3 is 4.57 Å². The molecule has 0 saturated heterocycles. The number of benzene rings is 7. The molecule has 2 heterocycles. The fourth-order valence-electron chi connectivity index (χ4n) is 8.06. The van der Waals surface area contributed by atoms with Crippen LogP contribution in [0, 0.1) is 0 Å². The summed E-state index contributed by atoms with van der Waals surface area (Å²) in [5.41, 5.74) is 17.5. The van der Waals surface area contributed by atoms with E-state index in [1.54, 1.807) is 0 Å². The van der Waals surface area contributed by atoms with Crippen molar-refractivity contribution in [3.05, 3.63) is 211 Å². The molecular weight excluding hydrogens is 667 g/mol. The SMILES string of the molecule is C1=C(c2cccc(-c3cc(-c4ccc(-c5ccccc5)cc4)nc(-c4ccccc4)n3)c2)CCc2c1c1cccc(-c3ccccc3)c1n2-c1ccccc1. The molecule has 0 saturated carbocycles. The van der Waals surface area contributed by atoms with Crippen molar-refractivity contribution in [2.24, 2.45) is 0 Å². The smallest absolute Gasteiger partial charge is 0.160 e. The number of para-hydroxylation sites is 2. The summed E-state index contributed by atoms with van der Waals surface area (Å²) in [5.74, 6) is 0.718. The molecule has 1 aliphatic rings. The van der Waals surface area contributed by atoms with Gasteiger partial charge in [-0.05, 0) is 71.0 Å². The van der Waals surface area contributed by atoms with Crippen molar-refractivity contribution in [3.63, 3.8) is 0 Å². The third kappa shape index (κ3) is 6.16. The molecule has 260 valence electrons. The molecule has 0 fully saturated rings. The van der Waals surface area contributed by atoms with Crippen LogP contribution in [-0.4, -0.2) is 14.5 Å². The third-order valence-electron chi connectivity index (χ3n) is 10.8. The molecule has 0 aliphatic heterocycles. The normalized spacial score (nSPS) is 12.3. The number of fused-ring (bicyclic) bond motifs is 3. The lowest BCUT2D eigenvalue weighted by Gasteiger charge is -2.18. The van der Waals surface area contributed by atoms with E-state index in [0.717, 1.165) is 46.7 Å². The number of nitrogens with zero attached hydrogens (tertiary/aromatic N) is 3. The Morgan fingerprint density at radius 3 is 1.65 bits per heavy atom. The predicted molar refractivity (Wildman–Crippen MR) is 229 cm³/mol. The van der Waals surface area contributed by atoms with E-state index < -0.39 is 0 Å². The summed E-state index contributed by atoms with van der Waals surface area (Å²) in [5, 5.41) is 1.28. The second-order valence-corrected chi connectivity index (χ2v) is 14.1. The second-order valence-electron chi connectivity index (χ2n) is 14.1. The lowest BCUT2D eigenvalue weighted by atomic mass is 9.90. The van der Waals surface area contributed by atoms with Crippen LogP contribution in [0.5, 0.6) is 0 Å². The van der Waals surface area contributed by atoms with Gasteiger partial charge in [-0.15, -0.1) is 0 Å². The highest BCUT2D eigenvalue weighted by Crippen LogP contribution is 2.42. The lowest BCUT2D eigenvalue weighted by Crippen LogP contribution is -2.05. The van der Waals surface area contributed by atoms with Crippen LogP contribution in [0.4, 0.5) is 0 Å². The lowest BCUT2D eigenvalue weighted by molar-refractivity contribution is 0.898. The van der Waals surface area contributed by atoms with Gasteiger partial charge in [0.25, 0.3) is 0 Å². The Hall–Kier alpha value is -7.10. The average Bonchev–Trinajstić information content (AvgIpc) is 3.61. The Kier molecular flexibility index (Phi) is 8.31. The van der Waals surface area contributed by atoms with E-state index in [0.29, 0.717) is 0 Å². The van der Waals surface area contributed by atoms with Crippen LogP contribution in [0.3, 0.4) is 0 Å². The van der Waals surface area contributed by atoms with E-state index in [1.165, 1.54) is 61.2 Å². The summed E-state index contributed by atoms with van der Waals surface area (Å²) in [4.78, 5) is 10.3. The first-order valence-corrected chi connectivity index (χ1v) is 19.0. The summed E-state index contributed by atoms with van der Waals surface area (Å²) in [7, 11) is 0. The molecule has 3 nitrogen and oxygen atoms in total. The van der Waals surface area contributed by atoms with Crippen LogP contribution >= 0.6 is 0 Å². The Morgan fingerprint density at radius 1 is 0.400 bits per heavy atom. The maximum atomic E-state index is 5.17. The fraction of sp³-hybridized carbons (Fsp3) is 0.0385. The average molecular weight is 704 g/mol. The fourth-order valence-corrected chi connectivity index (χ4v) is 8.06. The minimum absolute atomic E-state index is 0.718. The second kappa shape index (κ2) is 14.0. The predicted octanol–water partition coefficient (Wildman–Crippen LogP) is 13.2. The highest BCUT2D eigenvalue weighted by Gasteiger charge is 2.24. The van der Waals surface area contributed by atoms with Gasteiger partial charge in [-0.1, -0.05) is 170 Å². The van der Waals surface area contributed by atoms with Gasteiger partial charge in [0, 0.05) is 44.6 Å². The van der Waals surface area contributed by atoms with Crippen LogP contribution in [0.2, 0.25) is 0 Å². The third-order valence-corrected chi connectivity index (χ3v) is 10.8. The van der Waals surface area contributed by atoms with Gasteiger partial charge in [-0.3, -0.25) is 0 Å². The minimum atomic E-state index is 0.718. The first-order chi connectivity index (χ1) is 27.3. The van der Waals surface area contributed by atoms with Crippen LogP contribution in [0.1, 0.15) is 23.2 Å².